The molecule has 0 spiro atoms. The molecule has 0 bridgehead atoms. The molecule has 1 fully saturated rings. The summed E-state index contributed by atoms with van der Waals surface area (Å²) in [5.74, 6) is 0.524. The van der Waals surface area contributed by atoms with E-state index in [1.165, 1.54) is 17.6 Å². The van der Waals surface area contributed by atoms with Gasteiger partial charge in [-0.3, -0.25) is 4.99 Å². The van der Waals surface area contributed by atoms with Gasteiger partial charge in [-0.15, -0.1) is 0 Å². The van der Waals surface area contributed by atoms with Crippen LogP contribution in [0.1, 0.15) is 39.2 Å². The number of hydrogen-bond acceptors (Lipinski definition) is 5. The van der Waals surface area contributed by atoms with Gasteiger partial charge in [-0.05, 0) is 50.6 Å². The molecular formula is C25H26ClF3N2O3S. The predicted octanol–water partition coefficient (Wildman–Crippen LogP) is 7.51. The largest absolute Gasteiger partial charge is 0.490 e. The first-order valence-corrected chi connectivity index (χ1v) is 11.9. The molecule has 1 saturated heterocycles. The van der Waals surface area contributed by atoms with Gasteiger partial charge in [-0.2, -0.15) is 13.2 Å². The van der Waals surface area contributed by atoms with Crippen molar-refractivity contribution in [2.75, 3.05) is 13.1 Å². The topological polar surface area (TPSA) is 51.1 Å². The monoisotopic (exact) mass is 526 g/mol. The maximum absolute atomic E-state index is 13.8. The van der Waals surface area contributed by atoms with Crippen LogP contribution in [0, 0.1) is 0 Å². The summed E-state index contributed by atoms with van der Waals surface area (Å²) in [5.41, 5.74) is -1.20. The Hall–Kier alpha value is -2.65. The molecule has 10 heteroatoms. The van der Waals surface area contributed by atoms with Crippen molar-refractivity contribution < 1.29 is 27.4 Å². The zero-order valence-corrected chi connectivity index (χ0v) is 21.1. The van der Waals surface area contributed by atoms with Crippen molar-refractivity contribution in [3.8, 4) is 16.9 Å². The maximum Gasteiger partial charge on any atom is 0.417 e. The minimum Gasteiger partial charge on any atom is -0.490 e. The van der Waals surface area contributed by atoms with Gasteiger partial charge < -0.3 is 14.4 Å². The highest BCUT2D eigenvalue weighted by atomic mass is 35.5. The molecule has 1 aliphatic rings. The van der Waals surface area contributed by atoms with Crippen LogP contribution in [0.4, 0.5) is 23.7 Å². The fraction of sp³-hybridized carbons (Fsp3) is 0.400. The number of carbonyl (C=O) groups is 1. The summed E-state index contributed by atoms with van der Waals surface area (Å²) in [4.78, 5) is 17.7. The normalized spacial score (nSPS) is 15.3. The molecule has 0 unspecified atom stereocenters. The molecule has 1 aliphatic heterocycles. The van der Waals surface area contributed by atoms with Crippen LogP contribution in [0.3, 0.4) is 0 Å². The smallest absolute Gasteiger partial charge is 0.417 e. The lowest BCUT2D eigenvalue weighted by Gasteiger charge is -2.33. The van der Waals surface area contributed by atoms with Crippen LogP contribution in [0.25, 0.3) is 11.1 Å². The molecule has 0 radical (unpaired) electrons. The third-order valence-corrected chi connectivity index (χ3v) is 5.62. The molecule has 0 aromatic heterocycles. The van der Waals surface area contributed by atoms with Gasteiger partial charge in [0, 0.05) is 43.1 Å². The number of carbonyl (C=O) groups excluding carboxylic acids is 1. The Morgan fingerprint density at radius 3 is 2.31 bits per heavy atom. The standard InChI is InChI=1S/C25H26ClF3N2O3S/c1-24(2,3)34-23(32)31-11-8-19(9-12-31)33-18-6-4-16(5-7-18)22-20(25(27,28)29)14-17(15-21(22)26)30-10-13-35/h4-7,10,13-15,19H,8-9,11-12H2,1-3H3. The molecule has 0 aliphatic carbocycles. The lowest BCUT2D eigenvalue weighted by Crippen LogP contribution is -2.44. The average Bonchev–Trinajstić information content (AvgIpc) is 2.77. The van der Waals surface area contributed by atoms with E-state index in [4.69, 9.17) is 21.1 Å². The van der Waals surface area contributed by atoms with Gasteiger partial charge in [0.2, 0.25) is 0 Å². The average molecular weight is 527 g/mol. The molecular weight excluding hydrogens is 501 g/mol. The first kappa shape index (κ1) is 26.9. The predicted molar refractivity (Wildman–Crippen MR) is 135 cm³/mol. The van der Waals surface area contributed by atoms with Crippen molar-refractivity contribution in [1.82, 2.24) is 4.90 Å². The number of aliphatic imine (C=N–C) groups is 1. The summed E-state index contributed by atoms with van der Waals surface area (Å²) in [6.07, 6.45) is -2.63. The Kier molecular flexibility index (Phi) is 8.43. The summed E-state index contributed by atoms with van der Waals surface area (Å²) in [5, 5.41) is 1.13. The number of rotatable bonds is 5. The number of benzene rings is 2. The molecule has 5 nitrogen and oxygen atoms in total. The van der Waals surface area contributed by atoms with Gasteiger partial charge in [-0.1, -0.05) is 36.0 Å². The van der Waals surface area contributed by atoms with Crippen molar-refractivity contribution in [2.45, 2.75) is 51.5 Å². The van der Waals surface area contributed by atoms with E-state index in [1.54, 1.807) is 29.2 Å². The molecule has 35 heavy (non-hydrogen) atoms. The summed E-state index contributed by atoms with van der Waals surface area (Å²) < 4.78 is 52.7. The molecule has 0 atom stereocenters. The van der Waals surface area contributed by atoms with Gasteiger partial charge in [0.25, 0.3) is 0 Å². The Bertz CT molecular complexity index is 1090. The highest BCUT2D eigenvalue weighted by molar-refractivity contribution is 7.80. The molecule has 1 amide bonds. The summed E-state index contributed by atoms with van der Waals surface area (Å²) in [7, 11) is 0. The Balaban J connectivity index is 1.72. The number of amides is 1. The second-order valence-electron chi connectivity index (χ2n) is 9.07. The zero-order valence-electron chi connectivity index (χ0n) is 19.6. The first-order chi connectivity index (χ1) is 16.4. The highest BCUT2D eigenvalue weighted by Gasteiger charge is 2.35. The minimum atomic E-state index is -4.63. The molecule has 3 rings (SSSR count). The number of hydrogen-bond donors (Lipinski definition) is 0. The quantitative estimate of drug-likeness (QED) is 0.299. The van der Waals surface area contributed by atoms with E-state index in [1.807, 2.05) is 20.8 Å². The maximum atomic E-state index is 13.8. The van der Waals surface area contributed by atoms with E-state index < -0.39 is 17.3 Å². The van der Waals surface area contributed by atoms with E-state index in [2.05, 4.69) is 17.2 Å². The summed E-state index contributed by atoms with van der Waals surface area (Å²) in [6.45, 7) is 6.46. The van der Waals surface area contributed by atoms with Crippen molar-refractivity contribution >= 4 is 47.2 Å². The minimum absolute atomic E-state index is 0.0600. The van der Waals surface area contributed by atoms with Gasteiger partial charge in [0.15, 0.2) is 0 Å². The Labute approximate surface area is 212 Å². The lowest BCUT2D eigenvalue weighted by molar-refractivity contribution is -0.137. The van der Waals surface area contributed by atoms with Gasteiger partial charge in [0.1, 0.15) is 17.5 Å². The van der Waals surface area contributed by atoms with Gasteiger partial charge in [0.05, 0.1) is 16.3 Å². The fourth-order valence-electron chi connectivity index (χ4n) is 3.68. The van der Waals surface area contributed by atoms with Crippen molar-refractivity contribution in [3.63, 3.8) is 0 Å². The number of likely N-dealkylation sites (tertiary alicyclic amines) is 1. The van der Waals surface area contributed by atoms with Gasteiger partial charge >= 0.3 is 12.3 Å². The number of alkyl halides is 3. The molecule has 2 aromatic carbocycles. The highest BCUT2D eigenvalue weighted by Crippen LogP contribution is 2.43. The third-order valence-electron chi connectivity index (χ3n) is 5.20. The van der Waals surface area contributed by atoms with Crippen LogP contribution in [0.15, 0.2) is 41.4 Å². The lowest BCUT2D eigenvalue weighted by atomic mass is 9.98. The number of ether oxygens (including phenoxy) is 2. The molecule has 2 aromatic rings. The van der Waals surface area contributed by atoms with E-state index in [9.17, 15) is 18.0 Å². The van der Waals surface area contributed by atoms with E-state index >= 15 is 0 Å². The first-order valence-electron chi connectivity index (χ1n) is 11.0. The van der Waals surface area contributed by atoms with Gasteiger partial charge in [-0.25, -0.2) is 4.79 Å². The van der Waals surface area contributed by atoms with E-state index in [0.29, 0.717) is 37.2 Å². The van der Waals surface area contributed by atoms with Crippen LogP contribution in [-0.2, 0) is 10.9 Å². The van der Waals surface area contributed by atoms with Crippen molar-refractivity contribution in [3.05, 3.63) is 47.0 Å². The second-order valence-corrected chi connectivity index (χ2v) is 9.75. The molecule has 0 N–H and O–H groups in total. The van der Waals surface area contributed by atoms with Crippen LogP contribution in [0.2, 0.25) is 5.02 Å². The molecule has 0 saturated carbocycles. The van der Waals surface area contributed by atoms with Crippen molar-refractivity contribution in [1.29, 1.82) is 0 Å². The molecule has 188 valence electrons. The number of halogens is 4. The third kappa shape index (κ3) is 7.41. The van der Waals surface area contributed by atoms with E-state index in [-0.39, 0.29) is 28.5 Å². The number of piperidine rings is 1. The van der Waals surface area contributed by atoms with Crippen LogP contribution in [0.5, 0.6) is 5.75 Å². The van der Waals surface area contributed by atoms with Crippen LogP contribution in [-0.4, -0.2) is 47.4 Å². The SMILES string of the molecule is CC(C)(C)OC(=O)N1CCC(Oc2ccc(-c3c(Cl)cc(N=CC=S)cc3C(F)(F)F)cc2)CC1. The zero-order chi connectivity index (χ0) is 25.8. The summed E-state index contributed by atoms with van der Waals surface area (Å²) in [6, 6.07) is 8.63. The van der Waals surface area contributed by atoms with Crippen molar-refractivity contribution in [2.24, 2.45) is 4.99 Å². The Morgan fingerprint density at radius 1 is 1.14 bits per heavy atom. The van der Waals surface area contributed by atoms with Crippen LogP contribution < -0.4 is 4.74 Å². The fourth-order valence-corrected chi connectivity index (χ4v) is 4.06. The Morgan fingerprint density at radius 2 is 1.77 bits per heavy atom. The second kappa shape index (κ2) is 11.0. The number of thiocarbonyl (C=S) groups is 1. The van der Waals surface area contributed by atoms with E-state index in [0.717, 1.165) is 6.07 Å². The summed E-state index contributed by atoms with van der Waals surface area (Å²) >= 11 is 10.9. The molecule has 1 heterocycles. The number of nitrogens with zero attached hydrogens (tertiary/aromatic N) is 2. The van der Waals surface area contributed by atoms with Crippen LogP contribution >= 0.6 is 23.8 Å².